The average molecular weight is 406 g/mol. The molecular weight excluding hydrogens is 382 g/mol. The van der Waals surface area contributed by atoms with Gasteiger partial charge in [0.05, 0.1) is 5.52 Å². The fourth-order valence-electron chi connectivity index (χ4n) is 4.18. The molecule has 4 aromatic rings. The maximum Gasteiger partial charge on any atom is 0.249 e. The van der Waals surface area contributed by atoms with Crippen LogP contribution in [0.2, 0.25) is 0 Å². The first-order chi connectivity index (χ1) is 14.5. The van der Waals surface area contributed by atoms with Gasteiger partial charge in [-0.15, -0.1) is 0 Å². The predicted molar refractivity (Wildman–Crippen MR) is 117 cm³/mol. The molecular formula is C25H24F2N2O. The van der Waals surface area contributed by atoms with Crippen LogP contribution in [0.4, 0.5) is 8.78 Å². The minimum atomic E-state index is -0.608. The average Bonchev–Trinajstić information content (AvgIpc) is 3.00. The number of carbonyl (C=O) groups excluding carboxylic acids is 1. The summed E-state index contributed by atoms with van der Waals surface area (Å²) >= 11 is 0. The van der Waals surface area contributed by atoms with Crippen LogP contribution in [0.3, 0.4) is 0 Å². The Balaban J connectivity index is 1.93. The zero-order valence-electron chi connectivity index (χ0n) is 16.9. The summed E-state index contributed by atoms with van der Waals surface area (Å²) in [4.78, 5) is 12.1. The van der Waals surface area contributed by atoms with Crippen molar-refractivity contribution in [3.63, 3.8) is 0 Å². The van der Waals surface area contributed by atoms with Crippen LogP contribution in [0, 0.1) is 11.6 Å². The number of aromatic nitrogens is 1. The van der Waals surface area contributed by atoms with Crippen LogP contribution in [0.25, 0.3) is 21.8 Å². The van der Waals surface area contributed by atoms with Crippen molar-refractivity contribution in [3.05, 3.63) is 82.9 Å². The summed E-state index contributed by atoms with van der Waals surface area (Å²) in [6.07, 6.45) is 4.37. The number of halogens is 2. The number of rotatable bonds is 7. The number of amides is 1. The van der Waals surface area contributed by atoms with Crippen molar-refractivity contribution in [1.29, 1.82) is 0 Å². The third kappa shape index (κ3) is 3.80. The highest BCUT2D eigenvalue weighted by molar-refractivity contribution is 6.17. The molecule has 0 saturated heterocycles. The molecule has 0 saturated carbocycles. The Kier molecular flexibility index (Phi) is 5.53. The molecule has 1 amide bonds. The molecule has 154 valence electrons. The number of unbranched alkanes of at least 4 members (excludes halogenated alkanes) is 2. The summed E-state index contributed by atoms with van der Waals surface area (Å²) in [7, 11) is 0. The van der Waals surface area contributed by atoms with Gasteiger partial charge in [-0.25, -0.2) is 8.78 Å². The second-order valence-electron chi connectivity index (χ2n) is 7.74. The van der Waals surface area contributed by atoms with Crippen LogP contribution in [-0.2, 0) is 13.0 Å². The van der Waals surface area contributed by atoms with Gasteiger partial charge in [0.1, 0.15) is 11.6 Å². The second-order valence-corrected chi connectivity index (χ2v) is 7.74. The maximum atomic E-state index is 13.8. The lowest BCUT2D eigenvalue weighted by atomic mass is 10.0. The molecule has 0 radical (unpaired) electrons. The van der Waals surface area contributed by atoms with E-state index in [0.717, 1.165) is 53.6 Å². The lowest BCUT2D eigenvalue weighted by Gasteiger charge is -2.10. The number of benzene rings is 3. The van der Waals surface area contributed by atoms with E-state index in [4.69, 9.17) is 5.73 Å². The number of primary amides is 1. The largest absolute Gasteiger partial charge is 0.366 e. The Hall–Kier alpha value is -3.21. The number of nitrogens with zero attached hydrogens (tertiary/aromatic N) is 1. The highest BCUT2D eigenvalue weighted by atomic mass is 19.1. The number of carbonyl (C=O) groups is 1. The molecule has 5 heteroatoms. The summed E-state index contributed by atoms with van der Waals surface area (Å²) in [6.45, 7) is 2.46. The quantitative estimate of drug-likeness (QED) is 0.379. The van der Waals surface area contributed by atoms with Crippen molar-refractivity contribution in [3.8, 4) is 0 Å². The van der Waals surface area contributed by atoms with Gasteiger partial charge in [0.2, 0.25) is 5.91 Å². The van der Waals surface area contributed by atoms with Crippen LogP contribution in [-0.4, -0.2) is 10.5 Å². The minimum absolute atomic E-state index is 0.287. The van der Waals surface area contributed by atoms with Crippen molar-refractivity contribution in [2.45, 2.75) is 39.2 Å². The van der Waals surface area contributed by atoms with Crippen LogP contribution >= 0.6 is 0 Å². The summed E-state index contributed by atoms with van der Waals surface area (Å²) in [5.41, 5.74) is 9.55. The van der Waals surface area contributed by atoms with E-state index in [1.807, 2.05) is 16.7 Å². The van der Waals surface area contributed by atoms with Crippen molar-refractivity contribution in [2.24, 2.45) is 5.73 Å². The Morgan fingerprint density at radius 2 is 1.70 bits per heavy atom. The molecule has 1 heterocycles. The summed E-state index contributed by atoms with van der Waals surface area (Å²) in [5.74, 6) is -1.71. The Morgan fingerprint density at radius 1 is 0.933 bits per heavy atom. The maximum absolute atomic E-state index is 13.8. The van der Waals surface area contributed by atoms with Gasteiger partial charge in [-0.05, 0) is 54.3 Å². The smallest absolute Gasteiger partial charge is 0.249 e. The van der Waals surface area contributed by atoms with E-state index in [1.165, 1.54) is 17.7 Å². The first-order valence-electron chi connectivity index (χ1n) is 10.3. The monoisotopic (exact) mass is 406 g/mol. The highest BCUT2D eigenvalue weighted by Gasteiger charge is 2.17. The number of aryl methyl sites for hydroxylation is 1. The van der Waals surface area contributed by atoms with Crippen LogP contribution in [0.1, 0.15) is 47.7 Å². The lowest BCUT2D eigenvalue weighted by molar-refractivity contribution is 0.100. The summed E-state index contributed by atoms with van der Waals surface area (Å²) < 4.78 is 29.6. The molecule has 4 rings (SSSR count). The Bertz CT molecular complexity index is 1220. The van der Waals surface area contributed by atoms with Crippen molar-refractivity contribution in [2.75, 3.05) is 0 Å². The van der Waals surface area contributed by atoms with E-state index < -0.39 is 17.5 Å². The summed E-state index contributed by atoms with van der Waals surface area (Å²) in [5, 5.41) is 1.69. The molecule has 0 aliphatic rings. The molecule has 0 aliphatic carbocycles. The van der Waals surface area contributed by atoms with Crippen molar-refractivity contribution >= 4 is 27.7 Å². The number of hydrogen-bond donors (Lipinski definition) is 1. The van der Waals surface area contributed by atoms with Gasteiger partial charge < -0.3 is 10.3 Å². The molecule has 0 spiro atoms. The molecule has 2 N–H and O–H groups in total. The van der Waals surface area contributed by atoms with E-state index in [2.05, 4.69) is 19.1 Å². The Labute approximate surface area is 174 Å². The van der Waals surface area contributed by atoms with Gasteiger partial charge in [0.15, 0.2) is 0 Å². The van der Waals surface area contributed by atoms with Crippen molar-refractivity contribution < 1.29 is 13.6 Å². The molecule has 3 nitrogen and oxygen atoms in total. The minimum Gasteiger partial charge on any atom is -0.366 e. The Morgan fingerprint density at radius 3 is 2.40 bits per heavy atom. The third-order valence-electron chi connectivity index (χ3n) is 5.55. The molecule has 0 bridgehead atoms. The summed E-state index contributed by atoms with van der Waals surface area (Å²) in [6, 6.07) is 15.2. The molecule has 30 heavy (non-hydrogen) atoms. The first-order valence-corrected chi connectivity index (χ1v) is 10.3. The highest BCUT2D eigenvalue weighted by Crippen LogP contribution is 2.33. The first kappa shape index (κ1) is 20.1. The van der Waals surface area contributed by atoms with Crippen LogP contribution < -0.4 is 5.73 Å². The molecule has 0 atom stereocenters. The van der Waals surface area contributed by atoms with Crippen LogP contribution in [0.15, 0.2) is 54.6 Å². The molecule has 0 aliphatic heterocycles. The van der Waals surface area contributed by atoms with Gasteiger partial charge in [-0.2, -0.15) is 0 Å². The SMILES string of the molecule is CCCCCc1ccc2c3c(C(N)=O)cccc3n(Cc3cc(F)cc(F)c3)c2c1. The van der Waals surface area contributed by atoms with Gasteiger partial charge in [0.25, 0.3) is 0 Å². The van der Waals surface area contributed by atoms with Crippen LogP contribution in [0.5, 0.6) is 0 Å². The lowest BCUT2D eigenvalue weighted by Crippen LogP contribution is -2.11. The van der Waals surface area contributed by atoms with Gasteiger partial charge >= 0.3 is 0 Å². The molecule has 3 aromatic carbocycles. The van der Waals surface area contributed by atoms with Gasteiger partial charge in [-0.1, -0.05) is 38.0 Å². The number of nitrogens with two attached hydrogens (primary N) is 1. The fraction of sp³-hybridized carbons (Fsp3) is 0.240. The molecule has 1 aromatic heterocycles. The number of hydrogen-bond acceptors (Lipinski definition) is 1. The van der Waals surface area contributed by atoms with E-state index >= 15 is 0 Å². The third-order valence-corrected chi connectivity index (χ3v) is 5.55. The predicted octanol–water partition coefficient (Wildman–Crippen LogP) is 5.95. The van der Waals surface area contributed by atoms with Crippen molar-refractivity contribution in [1.82, 2.24) is 4.57 Å². The topological polar surface area (TPSA) is 48.0 Å². The zero-order chi connectivity index (χ0) is 21.3. The van der Waals surface area contributed by atoms with E-state index in [1.54, 1.807) is 12.1 Å². The van der Waals surface area contributed by atoms with E-state index in [9.17, 15) is 13.6 Å². The molecule has 0 fully saturated rings. The number of fused-ring (bicyclic) bond motifs is 3. The van der Waals surface area contributed by atoms with E-state index in [-0.39, 0.29) is 6.54 Å². The normalized spacial score (nSPS) is 11.4. The second kappa shape index (κ2) is 8.27. The van der Waals surface area contributed by atoms with Gasteiger partial charge in [0, 0.05) is 34.5 Å². The molecule has 0 unspecified atom stereocenters. The van der Waals surface area contributed by atoms with Gasteiger partial charge in [-0.3, -0.25) is 4.79 Å². The van der Waals surface area contributed by atoms with E-state index in [0.29, 0.717) is 11.1 Å². The standard InChI is InChI=1S/C25H24F2N2O/c1-2-3-4-6-16-9-10-20-23(13-16)29(15-17-11-18(26)14-19(27)12-17)22-8-5-7-21(24(20)22)25(28)30/h5,7-14H,2-4,6,15H2,1H3,(H2,28,30). The zero-order valence-corrected chi connectivity index (χ0v) is 16.9. The fourth-order valence-corrected chi connectivity index (χ4v) is 4.18.